The lowest BCUT2D eigenvalue weighted by atomic mass is 10.1. The smallest absolute Gasteiger partial charge is 0.0496 e. The van der Waals surface area contributed by atoms with Crippen molar-refractivity contribution in [2.24, 2.45) is 5.73 Å². The van der Waals surface area contributed by atoms with Crippen molar-refractivity contribution in [3.8, 4) is 0 Å². The van der Waals surface area contributed by atoms with Gasteiger partial charge >= 0.3 is 0 Å². The van der Waals surface area contributed by atoms with Gasteiger partial charge in [-0.2, -0.15) is 0 Å². The molecule has 1 aromatic heterocycles. The fourth-order valence-corrected chi connectivity index (χ4v) is 2.65. The minimum atomic E-state index is 0.0999. The number of hydrogen-bond donors (Lipinski definition) is 1. The monoisotopic (exact) mass is 254 g/mol. The highest BCUT2D eigenvalue weighted by molar-refractivity contribution is 6.08. The maximum atomic E-state index is 4.50. The fraction of sp³-hybridized carbons (Fsp3) is 0.294. The first kappa shape index (κ1) is 13.6. The predicted octanol–water partition coefficient (Wildman–Crippen LogP) is 4.12. The maximum absolute atomic E-state index is 4.50. The molecule has 0 saturated carbocycles. The second kappa shape index (κ2) is 5.06. The summed E-state index contributed by atoms with van der Waals surface area (Å²) in [5, 5.41) is 2.69. The molecule has 0 fully saturated rings. The van der Waals surface area contributed by atoms with Crippen molar-refractivity contribution in [1.29, 1.82) is 0 Å². The van der Waals surface area contributed by atoms with Crippen molar-refractivity contribution in [3.05, 3.63) is 48.5 Å². The molecule has 0 unspecified atom stereocenters. The van der Waals surface area contributed by atoms with Gasteiger partial charge in [-0.25, -0.2) is 0 Å². The summed E-state index contributed by atoms with van der Waals surface area (Å²) in [7, 11) is 1.50. The Morgan fingerprint density at radius 2 is 1.11 bits per heavy atom. The Kier molecular flexibility index (Phi) is 3.63. The number of nitrogens with zero attached hydrogens (tertiary/aromatic N) is 1. The predicted molar refractivity (Wildman–Crippen MR) is 84.6 cm³/mol. The number of fused-ring (bicyclic) bond motifs is 3. The molecule has 0 aliphatic rings. The zero-order chi connectivity index (χ0) is 14.0. The molecule has 2 nitrogen and oxygen atoms in total. The van der Waals surface area contributed by atoms with Crippen LogP contribution >= 0.6 is 0 Å². The average Bonchev–Trinajstić information content (AvgIpc) is 2.75. The molecule has 0 amide bonds. The number of nitrogens with two attached hydrogens (primary N) is 1. The number of rotatable bonds is 0. The van der Waals surface area contributed by atoms with Gasteiger partial charge in [0.05, 0.1) is 0 Å². The number of aromatic nitrogens is 1. The summed E-state index contributed by atoms with van der Waals surface area (Å²) in [6.07, 6.45) is 0. The van der Waals surface area contributed by atoms with Gasteiger partial charge in [0.15, 0.2) is 0 Å². The van der Waals surface area contributed by atoms with Gasteiger partial charge in [-0.15, -0.1) is 0 Å². The Labute approximate surface area is 114 Å². The van der Waals surface area contributed by atoms with Gasteiger partial charge in [0, 0.05) is 27.3 Å². The highest BCUT2D eigenvalue weighted by atomic mass is 15.0. The summed E-state index contributed by atoms with van der Waals surface area (Å²) in [6.45, 7) is 6.77. The van der Waals surface area contributed by atoms with Crippen LogP contribution in [-0.2, 0) is 5.54 Å². The van der Waals surface area contributed by atoms with Crippen LogP contribution in [-0.4, -0.2) is 11.6 Å². The van der Waals surface area contributed by atoms with Crippen molar-refractivity contribution >= 4 is 21.8 Å². The van der Waals surface area contributed by atoms with Crippen molar-refractivity contribution < 1.29 is 0 Å². The molecule has 0 aliphatic heterocycles. The first-order valence-electron chi connectivity index (χ1n) is 6.65. The zero-order valence-corrected chi connectivity index (χ0v) is 12.1. The molecule has 2 heteroatoms. The second-order valence-corrected chi connectivity index (χ2v) is 5.54. The summed E-state index contributed by atoms with van der Waals surface area (Å²) >= 11 is 0. The molecule has 2 aromatic carbocycles. The van der Waals surface area contributed by atoms with E-state index in [4.69, 9.17) is 0 Å². The van der Waals surface area contributed by atoms with E-state index in [1.807, 2.05) is 0 Å². The topological polar surface area (TPSA) is 30.9 Å². The van der Waals surface area contributed by atoms with E-state index in [1.54, 1.807) is 0 Å². The third-order valence-corrected chi connectivity index (χ3v) is 3.25. The Hall–Kier alpha value is -1.80. The van der Waals surface area contributed by atoms with E-state index in [1.165, 1.54) is 28.9 Å². The standard InChI is InChI=1S/C16H17N.CH5N/c1-16(2,3)17-14-10-6-4-8-12(14)13-9-5-7-11-15(13)17;1-2/h4-11H,1-3H3;2H2,1H3. The van der Waals surface area contributed by atoms with Gasteiger partial charge < -0.3 is 10.3 Å². The van der Waals surface area contributed by atoms with E-state index < -0.39 is 0 Å². The Morgan fingerprint density at radius 3 is 1.47 bits per heavy atom. The summed E-state index contributed by atoms with van der Waals surface area (Å²) < 4.78 is 2.43. The third-order valence-electron chi connectivity index (χ3n) is 3.25. The molecular weight excluding hydrogens is 232 g/mol. The van der Waals surface area contributed by atoms with Crippen molar-refractivity contribution in [3.63, 3.8) is 0 Å². The van der Waals surface area contributed by atoms with E-state index in [9.17, 15) is 0 Å². The van der Waals surface area contributed by atoms with E-state index in [0.717, 1.165) is 0 Å². The van der Waals surface area contributed by atoms with Crippen LogP contribution in [0, 0.1) is 0 Å². The highest BCUT2D eigenvalue weighted by Crippen LogP contribution is 2.33. The molecule has 0 aliphatic carbocycles. The lowest BCUT2D eigenvalue weighted by molar-refractivity contribution is 0.423. The third kappa shape index (κ3) is 2.24. The van der Waals surface area contributed by atoms with E-state index in [-0.39, 0.29) is 5.54 Å². The summed E-state index contributed by atoms with van der Waals surface area (Å²) in [5.41, 5.74) is 7.24. The molecule has 0 spiro atoms. The van der Waals surface area contributed by atoms with Crippen LogP contribution in [0.4, 0.5) is 0 Å². The normalized spacial score (nSPS) is 11.4. The summed E-state index contributed by atoms with van der Waals surface area (Å²) in [5.74, 6) is 0. The molecule has 1 heterocycles. The van der Waals surface area contributed by atoms with Gasteiger partial charge in [-0.3, -0.25) is 0 Å². The van der Waals surface area contributed by atoms with Crippen molar-refractivity contribution in [1.82, 2.24) is 4.57 Å². The fourth-order valence-electron chi connectivity index (χ4n) is 2.65. The lowest BCUT2D eigenvalue weighted by Gasteiger charge is -2.24. The summed E-state index contributed by atoms with van der Waals surface area (Å²) in [4.78, 5) is 0. The highest BCUT2D eigenvalue weighted by Gasteiger charge is 2.19. The molecule has 0 bridgehead atoms. The van der Waals surface area contributed by atoms with Crippen LogP contribution in [0.15, 0.2) is 48.5 Å². The molecule has 2 N–H and O–H groups in total. The van der Waals surface area contributed by atoms with Gasteiger partial charge in [-0.05, 0) is 40.0 Å². The first-order chi connectivity index (χ1) is 9.09. The quantitative estimate of drug-likeness (QED) is 0.642. The molecule has 19 heavy (non-hydrogen) atoms. The number of hydrogen-bond acceptors (Lipinski definition) is 1. The minimum Gasteiger partial charge on any atom is -0.335 e. The molecular formula is C17H22N2. The summed E-state index contributed by atoms with van der Waals surface area (Å²) in [6, 6.07) is 17.3. The second-order valence-electron chi connectivity index (χ2n) is 5.54. The molecule has 100 valence electrons. The Balaban J connectivity index is 0.000000637. The van der Waals surface area contributed by atoms with E-state index in [2.05, 4.69) is 79.6 Å². The molecule has 0 saturated heterocycles. The SMILES string of the molecule is CC(C)(C)n1c2ccccc2c2ccccc21.CN. The average molecular weight is 254 g/mol. The van der Waals surface area contributed by atoms with Crippen LogP contribution in [0.1, 0.15) is 20.8 Å². The molecule has 3 rings (SSSR count). The van der Waals surface area contributed by atoms with Gasteiger partial charge in [0.2, 0.25) is 0 Å². The minimum absolute atomic E-state index is 0.0999. The van der Waals surface area contributed by atoms with Gasteiger partial charge in [0.1, 0.15) is 0 Å². The Bertz CT molecular complexity index is 634. The van der Waals surface area contributed by atoms with Crippen LogP contribution in [0.3, 0.4) is 0 Å². The number of para-hydroxylation sites is 2. The number of benzene rings is 2. The van der Waals surface area contributed by atoms with Gasteiger partial charge in [-0.1, -0.05) is 36.4 Å². The molecule has 0 atom stereocenters. The van der Waals surface area contributed by atoms with Crippen LogP contribution < -0.4 is 5.73 Å². The molecule has 3 aromatic rings. The first-order valence-corrected chi connectivity index (χ1v) is 6.65. The van der Waals surface area contributed by atoms with Crippen LogP contribution in [0.5, 0.6) is 0 Å². The Morgan fingerprint density at radius 1 is 0.737 bits per heavy atom. The van der Waals surface area contributed by atoms with Gasteiger partial charge in [0.25, 0.3) is 0 Å². The van der Waals surface area contributed by atoms with Crippen LogP contribution in [0.25, 0.3) is 21.8 Å². The zero-order valence-electron chi connectivity index (χ0n) is 12.1. The van der Waals surface area contributed by atoms with Crippen molar-refractivity contribution in [2.45, 2.75) is 26.3 Å². The van der Waals surface area contributed by atoms with E-state index >= 15 is 0 Å². The maximum Gasteiger partial charge on any atom is 0.0496 e. The molecule has 0 radical (unpaired) electrons. The lowest BCUT2D eigenvalue weighted by Crippen LogP contribution is -2.21. The van der Waals surface area contributed by atoms with Crippen LogP contribution in [0.2, 0.25) is 0 Å². The van der Waals surface area contributed by atoms with E-state index in [0.29, 0.717) is 0 Å². The van der Waals surface area contributed by atoms with Crippen molar-refractivity contribution in [2.75, 3.05) is 7.05 Å². The largest absolute Gasteiger partial charge is 0.335 e.